The summed E-state index contributed by atoms with van der Waals surface area (Å²) >= 11 is 0. The molecular formula is C9H12F4O2. The Kier molecular flexibility index (Phi) is 5.32. The van der Waals surface area contributed by atoms with Crippen LogP contribution in [0.15, 0.2) is 12.2 Å². The molecule has 0 saturated heterocycles. The van der Waals surface area contributed by atoms with Crippen molar-refractivity contribution in [2.45, 2.75) is 32.1 Å². The first-order chi connectivity index (χ1) is 6.74. The van der Waals surface area contributed by atoms with Crippen LogP contribution in [0.4, 0.5) is 17.6 Å². The first-order valence-electron chi connectivity index (χ1n) is 4.23. The molecule has 0 aliphatic heterocycles. The van der Waals surface area contributed by atoms with Crippen LogP contribution in [-0.4, -0.2) is 24.9 Å². The summed E-state index contributed by atoms with van der Waals surface area (Å²) in [5.74, 6) is -4.31. The SMILES string of the molecule is C=C(C)C(=O)OCCC(F)(F)CC(F)F. The molecule has 0 bridgehead atoms. The van der Waals surface area contributed by atoms with Crippen LogP contribution in [0.2, 0.25) is 0 Å². The van der Waals surface area contributed by atoms with E-state index >= 15 is 0 Å². The van der Waals surface area contributed by atoms with Crippen molar-refractivity contribution < 1.29 is 27.1 Å². The lowest BCUT2D eigenvalue weighted by molar-refractivity contribution is -0.142. The molecule has 0 aliphatic rings. The van der Waals surface area contributed by atoms with E-state index in [1.807, 2.05) is 0 Å². The predicted molar refractivity (Wildman–Crippen MR) is 46.0 cm³/mol. The Hall–Kier alpha value is -1.07. The first kappa shape index (κ1) is 13.9. The predicted octanol–water partition coefficient (Wildman–Crippen LogP) is 2.79. The average molecular weight is 228 g/mol. The molecule has 0 heterocycles. The van der Waals surface area contributed by atoms with Crippen LogP contribution in [0.5, 0.6) is 0 Å². The summed E-state index contributed by atoms with van der Waals surface area (Å²) in [5, 5.41) is 0. The Balaban J connectivity index is 3.84. The van der Waals surface area contributed by atoms with E-state index in [-0.39, 0.29) is 5.57 Å². The normalized spacial score (nSPS) is 11.6. The number of rotatable bonds is 6. The smallest absolute Gasteiger partial charge is 0.333 e. The zero-order valence-electron chi connectivity index (χ0n) is 8.23. The molecule has 0 N–H and O–H groups in total. The van der Waals surface area contributed by atoms with Crippen LogP contribution in [0.25, 0.3) is 0 Å². The summed E-state index contributed by atoms with van der Waals surface area (Å²) in [6.07, 6.45) is -5.50. The molecule has 0 saturated carbocycles. The minimum Gasteiger partial charge on any atom is -0.462 e. The summed E-state index contributed by atoms with van der Waals surface area (Å²) < 4.78 is 52.9. The first-order valence-corrected chi connectivity index (χ1v) is 4.23. The summed E-state index contributed by atoms with van der Waals surface area (Å²) in [6.45, 7) is 4.01. The number of carbonyl (C=O) groups excluding carboxylic acids is 1. The summed E-state index contributed by atoms with van der Waals surface area (Å²) in [4.78, 5) is 10.7. The molecule has 0 aromatic carbocycles. The Bertz CT molecular complexity index is 238. The zero-order valence-corrected chi connectivity index (χ0v) is 8.23. The van der Waals surface area contributed by atoms with E-state index in [1.165, 1.54) is 6.92 Å². The third-order valence-corrected chi connectivity index (χ3v) is 1.50. The van der Waals surface area contributed by atoms with E-state index in [9.17, 15) is 22.4 Å². The third-order valence-electron chi connectivity index (χ3n) is 1.50. The molecule has 6 heteroatoms. The fourth-order valence-electron chi connectivity index (χ4n) is 0.744. The second kappa shape index (κ2) is 5.72. The number of hydrogen-bond donors (Lipinski definition) is 0. The molecule has 0 rings (SSSR count). The van der Waals surface area contributed by atoms with E-state index < -0.39 is 37.8 Å². The highest BCUT2D eigenvalue weighted by Gasteiger charge is 2.33. The van der Waals surface area contributed by atoms with Gasteiger partial charge in [-0.3, -0.25) is 0 Å². The van der Waals surface area contributed by atoms with Gasteiger partial charge in [0.1, 0.15) is 0 Å². The Morgan fingerprint density at radius 2 is 2.00 bits per heavy atom. The van der Waals surface area contributed by atoms with Crippen molar-refractivity contribution in [1.29, 1.82) is 0 Å². The monoisotopic (exact) mass is 228 g/mol. The van der Waals surface area contributed by atoms with Gasteiger partial charge in [-0.05, 0) is 6.92 Å². The van der Waals surface area contributed by atoms with E-state index in [2.05, 4.69) is 11.3 Å². The zero-order chi connectivity index (χ0) is 12.1. The van der Waals surface area contributed by atoms with Crippen molar-refractivity contribution in [2.75, 3.05) is 6.61 Å². The maximum absolute atomic E-state index is 12.6. The number of halogens is 4. The molecule has 0 fully saturated rings. The average Bonchev–Trinajstić information content (AvgIpc) is 2.00. The van der Waals surface area contributed by atoms with Crippen molar-refractivity contribution in [3.8, 4) is 0 Å². The molecule has 15 heavy (non-hydrogen) atoms. The van der Waals surface area contributed by atoms with Crippen LogP contribution >= 0.6 is 0 Å². The van der Waals surface area contributed by atoms with Gasteiger partial charge in [-0.25, -0.2) is 22.4 Å². The minimum atomic E-state index is -3.51. The van der Waals surface area contributed by atoms with Gasteiger partial charge in [0.05, 0.1) is 13.0 Å². The topological polar surface area (TPSA) is 26.3 Å². The highest BCUT2D eigenvalue weighted by molar-refractivity contribution is 5.86. The Labute approximate surface area is 84.9 Å². The van der Waals surface area contributed by atoms with E-state index in [0.717, 1.165) is 0 Å². The molecule has 0 atom stereocenters. The molecule has 0 aromatic rings. The molecule has 2 nitrogen and oxygen atoms in total. The molecule has 0 spiro atoms. The van der Waals surface area contributed by atoms with Crippen molar-refractivity contribution in [1.82, 2.24) is 0 Å². The largest absolute Gasteiger partial charge is 0.462 e. The lowest BCUT2D eigenvalue weighted by Gasteiger charge is -2.15. The maximum Gasteiger partial charge on any atom is 0.333 e. The van der Waals surface area contributed by atoms with Crippen molar-refractivity contribution in [3.05, 3.63) is 12.2 Å². The van der Waals surface area contributed by atoms with E-state index in [1.54, 1.807) is 0 Å². The van der Waals surface area contributed by atoms with Crippen LogP contribution in [0.1, 0.15) is 19.8 Å². The highest BCUT2D eigenvalue weighted by Crippen LogP contribution is 2.26. The molecule has 88 valence electrons. The molecular weight excluding hydrogens is 216 g/mol. The summed E-state index contributed by atoms with van der Waals surface area (Å²) in [6, 6.07) is 0. The fourth-order valence-corrected chi connectivity index (χ4v) is 0.744. The lowest BCUT2D eigenvalue weighted by Crippen LogP contribution is -2.23. The van der Waals surface area contributed by atoms with Crippen LogP contribution < -0.4 is 0 Å². The quantitative estimate of drug-likeness (QED) is 0.397. The molecule has 0 unspecified atom stereocenters. The molecule has 0 amide bonds. The van der Waals surface area contributed by atoms with Crippen LogP contribution in [0, 0.1) is 0 Å². The van der Waals surface area contributed by atoms with E-state index in [4.69, 9.17) is 0 Å². The standard InChI is InChI=1S/C9H12F4O2/c1-6(2)8(14)15-4-3-9(12,13)5-7(10)11/h7H,1,3-5H2,2H3. The van der Waals surface area contributed by atoms with E-state index in [0.29, 0.717) is 0 Å². The molecule has 0 aromatic heterocycles. The van der Waals surface area contributed by atoms with Gasteiger partial charge in [0.2, 0.25) is 6.43 Å². The van der Waals surface area contributed by atoms with Gasteiger partial charge in [0, 0.05) is 12.0 Å². The van der Waals surface area contributed by atoms with Crippen LogP contribution in [0.3, 0.4) is 0 Å². The van der Waals surface area contributed by atoms with Gasteiger partial charge in [-0.1, -0.05) is 6.58 Å². The Morgan fingerprint density at radius 3 is 2.40 bits per heavy atom. The van der Waals surface area contributed by atoms with Gasteiger partial charge in [0.15, 0.2) is 0 Å². The van der Waals surface area contributed by atoms with Crippen LogP contribution in [-0.2, 0) is 9.53 Å². The Morgan fingerprint density at radius 1 is 1.47 bits per heavy atom. The number of hydrogen-bond acceptors (Lipinski definition) is 2. The van der Waals surface area contributed by atoms with Gasteiger partial charge in [-0.2, -0.15) is 0 Å². The number of carbonyl (C=O) groups is 1. The summed E-state index contributed by atoms with van der Waals surface area (Å²) in [5.41, 5.74) is 0.0761. The number of esters is 1. The number of ether oxygens (including phenoxy) is 1. The van der Waals surface area contributed by atoms with Crippen molar-refractivity contribution in [2.24, 2.45) is 0 Å². The second-order valence-electron chi connectivity index (χ2n) is 3.12. The lowest BCUT2D eigenvalue weighted by atomic mass is 10.2. The number of alkyl halides is 4. The maximum atomic E-state index is 12.6. The third kappa shape index (κ3) is 6.93. The molecule has 0 radical (unpaired) electrons. The van der Waals surface area contributed by atoms with Gasteiger partial charge in [0.25, 0.3) is 5.92 Å². The van der Waals surface area contributed by atoms with Gasteiger partial charge < -0.3 is 4.74 Å². The minimum absolute atomic E-state index is 0.0761. The summed E-state index contributed by atoms with van der Waals surface area (Å²) in [7, 11) is 0. The van der Waals surface area contributed by atoms with Gasteiger partial charge >= 0.3 is 5.97 Å². The van der Waals surface area contributed by atoms with Crippen molar-refractivity contribution >= 4 is 5.97 Å². The van der Waals surface area contributed by atoms with Gasteiger partial charge in [-0.15, -0.1) is 0 Å². The van der Waals surface area contributed by atoms with Crippen molar-refractivity contribution in [3.63, 3.8) is 0 Å². The second-order valence-corrected chi connectivity index (χ2v) is 3.12. The highest BCUT2D eigenvalue weighted by atomic mass is 19.3. The molecule has 0 aliphatic carbocycles. The fraction of sp³-hybridized carbons (Fsp3) is 0.667.